The fraction of sp³-hybridized carbons (Fsp3) is 0.588. The van der Waals surface area contributed by atoms with Crippen LogP contribution in [0.2, 0.25) is 0 Å². The van der Waals surface area contributed by atoms with Crippen LogP contribution < -0.4 is 10.6 Å². The van der Waals surface area contributed by atoms with E-state index in [9.17, 15) is 9.90 Å². The van der Waals surface area contributed by atoms with Gasteiger partial charge in [0.1, 0.15) is 0 Å². The molecule has 0 aromatic heterocycles. The van der Waals surface area contributed by atoms with Crippen LogP contribution in [0, 0.1) is 6.92 Å². The maximum absolute atomic E-state index is 12.3. The number of thioether (sulfide) groups is 1. The number of carbonyl (C=O) groups excluding carboxylic acids is 1. The number of hydrogen-bond acceptors (Lipinski definition) is 5. The molecule has 3 N–H and O–H groups in total. The van der Waals surface area contributed by atoms with Gasteiger partial charge in [-0.25, -0.2) is 0 Å². The molecule has 3 rings (SSSR count). The predicted molar refractivity (Wildman–Crippen MR) is 109 cm³/mol. The molecule has 2 aliphatic heterocycles. The van der Waals surface area contributed by atoms with Crippen LogP contribution in [0.1, 0.15) is 17.5 Å². The minimum absolute atomic E-state index is 0. The van der Waals surface area contributed by atoms with E-state index in [-0.39, 0.29) is 36.8 Å². The van der Waals surface area contributed by atoms with Crippen LogP contribution in [0.15, 0.2) is 18.2 Å². The molecule has 5 nitrogen and oxygen atoms in total. The molecule has 0 saturated carbocycles. The summed E-state index contributed by atoms with van der Waals surface area (Å²) in [4.78, 5) is 14.8. The van der Waals surface area contributed by atoms with Crippen molar-refractivity contribution in [1.29, 1.82) is 0 Å². The fourth-order valence-electron chi connectivity index (χ4n) is 3.13. The number of nitrogens with one attached hydrogen (secondary N) is 2. The zero-order valence-electron chi connectivity index (χ0n) is 14.4. The highest BCUT2D eigenvalue weighted by Gasteiger charge is 2.28. The fourth-order valence-corrected chi connectivity index (χ4v) is 4.11. The van der Waals surface area contributed by atoms with Crippen molar-refractivity contribution in [3.63, 3.8) is 0 Å². The molecule has 0 radical (unpaired) electrons. The highest BCUT2D eigenvalue weighted by molar-refractivity contribution is 7.99. The maximum atomic E-state index is 12.3. The smallest absolute Gasteiger partial charge is 0.241 e. The Balaban J connectivity index is 0.00000156. The van der Waals surface area contributed by atoms with Crippen molar-refractivity contribution in [2.24, 2.45) is 0 Å². The second kappa shape index (κ2) is 10.6. The van der Waals surface area contributed by atoms with Gasteiger partial charge >= 0.3 is 0 Å². The molecule has 0 spiro atoms. The van der Waals surface area contributed by atoms with Crippen LogP contribution >= 0.6 is 36.6 Å². The van der Waals surface area contributed by atoms with Gasteiger partial charge in [0.25, 0.3) is 0 Å². The lowest BCUT2D eigenvalue weighted by Crippen LogP contribution is -2.35. The van der Waals surface area contributed by atoms with Crippen molar-refractivity contribution >= 4 is 48.2 Å². The highest BCUT2D eigenvalue weighted by atomic mass is 35.5. The molecule has 2 aliphatic rings. The van der Waals surface area contributed by atoms with Gasteiger partial charge in [-0.1, -0.05) is 12.1 Å². The van der Waals surface area contributed by atoms with Gasteiger partial charge in [-0.15, -0.1) is 24.8 Å². The summed E-state index contributed by atoms with van der Waals surface area (Å²) in [6, 6.07) is 5.80. The minimum atomic E-state index is -0.421. The van der Waals surface area contributed by atoms with Gasteiger partial charge in [0.05, 0.1) is 12.1 Å². The van der Waals surface area contributed by atoms with Crippen LogP contribution in [0.4, 0.5) is 5.69 Å². The first-order valence-electron chi connectivity index (χ1n) is 8.24. The Kier molecular flexibility index (Phi) is 9.56. The zero-order chi connectivity index (χ0) is 16.2. The van der Waals surface area contributed by atoms with Crippen LogP contribution in [0.25, 0.3) is 0 Å². The molecular formula is C17H27Cl2N3O2S. The second-order valence-electron chi connectivity index (χ2n) is 6.32. The molecule has 2 unspecified atom stereocenters. The van der Waals surface area contributed by atoms with Crippen LogP contribution in [0.3, 0.4) is 0 Å². The monoisotopic (exact) mass is 407 g/mol. The van der Waals surface area contributed by atoms with Crippen molar-refractivity contribution in [2.75, 3.05) is 36.5 Å². The van der Waals surface area contributed by atoms with Crippen molar-refractivity contribution in [3.8, 4) is 0 Å². The van der Waals surface area contributed by atoms with E-state index in [0.29, 0.717) is 13.0 Å². The lowest BCUT2D eigenvalue weighted by atomic mass is 10.1. The molecule has 2 saturated heterocycles. The van der Waals surface area contributed by atoms with Gasteiger partial charge in [-0.3, -0.25) is 9.69 Å². The first-order chi connectivity index (χ1) is 11.1. The molecule has 2 atom stereocenters. The van der Waals surface area contributed by atoms with Crippen LogP contribution in [-0.2, 0) is 11.3 Å². The van der Waals surface area contributed by atoms with E-state index in [1.807, 2.05) is 23.9 Å². The van der Waals surface area contributed by atoms with Crippen LogP contribution in [-0.4, -0.2) is 59.2 Å². The van der Waals surface area contributed by atoms with E-state index in [2.05, 4.69) is 28.5 Å². The van der Waals surface area contributed by atoms with E-state index < -0.39 is 6.10 Å². The first-order valence-corrected chi connectivity index (χ1v) is 9.40. The van der Waals surface area contributed by atoms with Crippen LogP contribution in [0.5, 0.6) is 0 Å². The highest BCUT2D eigenvalue weighted by Crippen LogP contribution is 2.22. The molecule has 2 fully saturated rings. The number of aliphatic hydroxyl groups is 1. The third kappa shape index (κ3) is 6.01. The number of nitrogens with zero attached hydrogens (tertiary/aromatic N) is 1. The quantitative estimate of drug-likeness (QED) is 0.712. The van der Waals surface area contributed by atoms with E-state index in [1.54, 1.807) is 0 Å². The lowest BCUT2D eigenvalue weighted by Gasteiger charge is -2.27. The second-order valence-corrected chi connectivity index (χ2v) is 7.54. The largest absolute Gasteiger partial charge is 0.392 e. The Morgan fingerprint density at radius 1 is 1.36 bits per heavy atom. The summed E-state index contributed by atoms with van der Waals surface area (Å²) in [7, 11) is 0. The predicted octanol–water partition coefficient (Wildman–Crippen LogP) is 2.05. The number of carbonyl (C=O) groups is 1. The normalized spacial score (nSPS) is 23.4. The first kappa shape index (κ1) is 22.5. The van der Waals surface area contributed by atoms with Gasteiger partial charge in [0, 0.05) is 43.4 Å². The summed E-state index contributed by atoms with van der Waals surface area (Å²) in [6.45, 7) is 5.76. The van der Waals surface area contributed by atoms with Crippen molar-refractivity contribution in [3.05, 3.63) is 29.3 Å². The molecule has 2 heterocycles. The Labute approximate surface area is 166 Å². The molecule has 1 amide bonds. The van der Waals surface area contributed by atoms with Gasteiger partial charge < -0.3 is 15.7 Å². The third-order valence-corrected chi connectivity index (χ3v) is 5.57. The number of benzene rings is 1. The number of amides is 1. The summed E-state index contributed by atoms with van der Waals surface area (Å²) < 4.78 is 0. The summed E-state index contributed by atoms with van der Waals surface area (Å²) in [5, 5.41) is 15.6. The van der Waals surface area contributed by atoms with E-state index in [0.717, 1.165) is 30.9 Å². The SMILES string of the molecule is Cc1c(CN2CCSCC2)cccc1NC(=O)C1CC(O)CN1.Cl.Cl. The molecule has 142 valence electrons. The number of anilines is 1. The third-order valence-electron chi connectivity index (χ3n) is 4.63. The molecule has 0 aliphatic carbocycles. The van der Waals surface area contributed by atoms with E-state index in [1.165, 1.54) is 17.1 Å². The van der Waals surface area contributed by atoms with Gasteiger partial charge in [-0.2, -0.15) is 11.8 Å². The summed E-state index contributed by atoms with van der Waals surface area (Å²) in [5.74, 6) is 2.34. The lowest BCUT2D eigenvalue weighted by molar-refractivity contribution is -0.117. The Bertz CT molecular complexity index is 571. The number of β-amino-alcohol motifs (C(OH)–C–C–N with tert-alkyl or cyclic N) is 1. The van der Waals surface area contributed by atoms with Gasteiger partial charge in [0.2, 0.25) is 5.91 Å². The summed E-state index contributed by atoms with van der Waals surface area (Å²) in [6.07, 6.45) is 0.0610. The van der Waals surface area contributed by atoms with E-state index >= 15 is 0 Å². The van der Waals surface area contributed by atoms with Crippen molar-refractivity contribution in [1.82, 2.24) is 10.2 Å². The molecule has 0 bridgehead atoms. The number of aliphatic hydroxyl groups excluding tert-OH is 1. The van der Waals surface area contributed by atoms with Gasteiger partial charge in [-0.05, 0) is 30.5 Å². The average Bonchev–Trinajstić information content (AvgIpc) is 2.99. The summed E-state index contributed by atoms with van der Waals surface area (Å²) >= 11 is 2.01. The van der Waals surface area contributed by atoms with Crippen molar-refractivity contribution < 1.29 is 9.90 Å². The maximum Gasteiger partial charge on any atom is 0.241 e. The van der Waals surface area contributed by atoms with Gasteiger partial charge in [0.15, 0.2) is 0 Å². The molecule has 1 aromatic rings. The topological polar surface area (TPSA) is 64.6 Å². The number of halogens is 2. The Morgan fingerprint density at radius 3 is 2.72 bits per heavy atom. The standard InChI is InChI=1S/C17H25N3O2S.2ClH/c1-12-13(11-20-5-7-23-8-6-20)3-2-4-15(12)19-17(22)16-9-14(21)10-18-16;;/h2-4,14,16,18,21H,5-11H2,1H3,(H,19,22);2*1H. The Morgan fingerprint density at radius 2 is 2.08 bits per heavy atom. The number of hydrogen-bond donors (Lipinski definition) is 3. The minimum Gasteiger partial charge on any atom is -0.392 e. The zero-order valence-corrected chi connectivity index (χ0v) is 16.8. The molecule has 25 heavy (non-hydrogen) atoms. The Hall–Kier alpha value is -0.500. The molecule has 1 aromatic carbocycles. The van der Waals surface area contributed by atoms with Crippen molar-refractivity contribution in [2.45, 2.75) is 32.0 Å². The molecular weight excluding hydrogens is 381 g/mol. The number of rotatable bonds is 4. The average molecular weight is 408 g/mol. The summed E-state index contributed by atoms with van der Waals surface area (Å²) in [5.41, 5.74) is 3.29. The molecule has 8 heteroatoms. The van der Waals surface area contributed by atoms with E-state index in [4.69, 9.17) is 0 Å².